The van der Waals surface area contributed by atoms with Gasteiger partial charge in [0.1, 0.15) is 0 Å². The van der Waals surface area contributed by atoms with Crippen LogP contribution in [0, 0.1) is 0 Å². The van der Waals surface area contributed by atoms with Crippen molar-refractivity contribution in [3.63, 3.8) is 0 Å². The highest BCUT2D eigenvalue weighted by Crippen LogP contribution is 2.29. The van der Waals surface area contributed by atoms with Crippen molar-refractivity contribution in [3.8, 4) is 0 Å². The molecule has 4 aliphatic heterocycles. The van der Waals surface area contributed by atoms with Gasteiger partial charge in [-0.25, -0.2) is 0 Å². The third-order valence-corrected chi connectivity index (χ3v) is 7.30. The zero-order valence-corrected chi connectivity index (χ0v) is 17.7. The summed E-state index contributed by atoms with van der Waals surface area (Å²) in [4.78, 5) is 31.1. The Hall–Kier alpha value is -1.80. The third kappa shape index (κ3) is 4.30. The Morgan fingerprint density at radius 3 is 2.43 bits per heavy atom. The summed E-state index contributed by atoms with van der Waals surface area (Å²) in [5.74, 6) is -0.275. The molecule has 0 saturated carbocycles. The number of likely N-dealkylation sites (tertiary alicyclic amines) is 1. The largest absolute Gasteiger partial charge is 0.314 e. The third-order valence-electron chi connectivity index (χ3n) is 7.30. The van der Waals surface area contributed by atoms with Gasteiger partial charge in [0.15, 0.2) is 0 Å². The van der Waals surface area contributed by atoms with Gasteiger partial charge in [-0.2, -0.15) is 0 Å². The molecule has 3 saturated heterocycles. The van der Waals surface area contributed by atoms with Crippen LogP contribution in [0.5, 0.6) is 0 Å². The van der Waals surface area contributed by atoms with Crippen LogP contribution >= 0.6 is 0 Å². The topological polar surface area (TPSA) is 67.9 Å². The van der Waals surface area contributed by atoms with E-state index in [0.29, 0.717) is 12.8 Å². The number of benzene rings is 1. The fraction of sp³-hybridized carbons (Fsp3) is 0.652. The number of piperidine rings is 2. The minimum atomic E-state index is -0.178. The van der Waals surface area contributed by atoms with E-state index in [1.807, 2.05) is 0 Å². The van der Waals surface area contributed by atoms with Gasteiger partial charge in [-0.05, 0) is 49.0 Å². The first-order valence-electron chi connectivity index (χ1n) is 11.5. The van der Waals surface area contributed by atoms with E-state index < -0.39 is 0 Å². The molecule has 4 aliphatic rings. The van der Waals surface area contributed by atoms with Crippen LogP contribution in [0.15, 0.2) is 18.2 Å². The van der Waals surface area contributed by atoms with Gasteiger partial charge >= 0.3 is 0 Å². The van der Waals surface area contributed by atoms with Crippen LogP contribution in [0.3, 0.4) is 0 Å². The first-order valence-corrected chi connectivity index (χ1v) is 11.5. The van der Waals surface area contributed by atoms with Gasteiger partial charge in [-0.15, -0.1) is 0 Å². The molecule has 0 radical (unpaired) electrons. The summed E-state index contributed by atoms with van der Waals surface area (Å²) in [6.07, 6.45) is 3.62. The summed E-state index contributed by atoms with van der Waals surface area (Å²) in [5, 5.41) is 5.94. The van der Waals surface area contributed by atoms with Crippen molar-refractivity contribution in [1.29, 1.82) is 0 Å². The maximum Gasteiger partial charge on any atom is 0.243 e. The van der Waals surface area contributed by atoms with E-state index in [1.165, 1.54) is 55.7 Å². The molecule has 0 spiro atoms. The predicted octanol–water partition coefficient (Wildman–Crippen LogP) is 0.677. The number of rotatable bonds is 4. The van der Waals surface area contributed by atoms with Crippen molar-refractivity contribution in [3.05, 3.63) is 34.9 Å². The molecule has 1 unspecified atom stereocenters. The molecule has 30 heavy (non-hydrogen) atoms. The number of piperazine rings is 1. The predicted molar refractivity (Wildman–Crippen MR) is 115 cm³/mol. The van der Waals surface area contributed by atoms with Crippen LogP contribution in [0.2, 0.25) is 0 Å². The number of carbonyl (C=O) groups is 2. The molecular weight excluding hydrogens is 378 g/mol. The van der Waals surface area contributed by atoms with Crippen molar-refractivity contribution < 1.29 is 9.59 Å². The quantitative estimate of drug-likeness (QED) is 0.711. The molecule has 7 nitrogen and oxygen atoms in total. The number of amides is 2. The first-order chi connectivity index (χ1) is 14.7. The molecule has 4 heterocycles. The number of hydrogen-bond acceptors (Lipinski definition) is 6. The Kier molecular flexibility index (Phi) is 5.87. The standard InChI is InChI=1S/C23H33N5O2/c29-22-4-3-21(23(30)25-22)28-15-18-2-1-17(13-19(18)16-28)14-26-9-5-20(6-10-26)27-11-7-24-8-12-27/h1-2,13,20-21,24H,3-12,14-16H2,(H,25,29,30). The van der Waals surface area contributed by atoms with Crippen LogP contribution < -0.4 is 10.6 Å². The van der Waals surface area contributed by atoms with Crippen LogP contribution in [-0.2, 0) is 29.2 Å². The molecule has 5 rings (SSSR count). The Balaban J connectivity index is 1.15. The number of nitrogens with one attached hydrogen (secondary N) is 2. The summed E-state index contributed by atoms with van der Waals surface area (Å²) in [5.41, 5.74) is 4.04. The van der Waals surface area contributed by atoms with E-state index in [2.05, 4.69) is 43.5 Å². The average Bonchev–Trinajstić information content (AvgIpc) is 3.18. The number of hydrogen-bond donors (Lipinski definition) is 2. The Labute approximate surface area is 178 Å². The maximum absolute atomic E-state index is 12.2. The van der Waals surface area contributed by atoms with E-state index >= 15 is 0 Å². The fourth-order valence-corrected chi connectivity index (χ4v) is 5.57. The average molecular weight is 412 g/mol. The first kappa shape index (κ1) is 20.1. The number of imide groups is 1. The minimum Gasteiger partial charge on any atom is -0.314 e. The van der Waals surface area contributed by atoms with Gasteiger partial charge in [0.05, 0.1) is 6.04 Å². The Bertz CT molecular complexity index is 799. The van der Waals surface area contributed by atoms with Crippen molar-refractivity contribution in [1.82, 2.24) is 25.3 Å². The van der Waals surface area contributed by atoms with E-state index in [1.54, 1.807) is 0 Å². The molecule has 162 valence electrons. The summed E-state index contributed by atoms with van der Waals surface area (Å²) in [7, 11) is 0. The second-order valence-corrected chi connectivity index (χ2v) is 9.27. The van der Waals surface area contributed by atoms with Crippen LogP contribution in [0.25, 0.3) is 0 Å². The van der Waals surface area contributed by atoms with Gasteiger partial charge in [0.25, 0.3) is 0 Å². The molecule has 1 aromatic rings. The van der Waals surface area contributed by atoms with Gasteiger partial charge in [0, 0.05) is 58.3 Å². The van der Waals surface area contributed by atoms with E-state index in [9.17, 15) is 9.59 Å². The summed E-state index contributed by atoms with van der Waals surface area (Å²) in [6.45, 7) is 9.62. The highest BCUT2D eigenvalue weighted by molar-refractivity contribution is 6.00. The lowest BCUT2D eigenvalue weighted by atomic mass is 10.0. The highest BCUT2D eigenvalue weighted by atomic mass is 16.2. The van der Waals surface area contributed by atoms with Gasteiger partial charge in [-0.3, -0.25) is 29.6 Å². The second-order valence-electron chi connectivity index (χ2n) is 9.27. The molecule has 0 aliphatic carbocycles. The maximum atomic E-state index is 12.2. The van der Waals surface area contributed by atoms with Crippen LogP contribution in [0.1, 0.15) is 42.4 Å². The van der Waals surface area contributed by atoms with E-state index in [0.717, 1.165) is 38.8 Å². The van der Waals surface area contributed by atoms with Crippen LogP contribution in [0.4, 0.5) is 0 Å². The zero-order valence-electron chi connectivity index (χ0n) is 17.7. The molecule has 0 bridgehead atoms. The molecule has 3 fully saturated rings. The number of nitrogens with zero attached hydrogens (tertiary/aromatic N) is 3. The Morgan fingerprint density at radius 2 is 1.67 bits per heavy atom. The van der Waals surface area contributed by atoms with Crippen LogP contribution in [-0.4, -0.2) is 77.9 Å². The van der Waals surface area contributed by atoms with E-state index in [4.69, 9.17) is 0 Å². The van der Waals surface area contributed by atoms with Crippen molar-refractivity contribution >= 4 is 11.8 Å². The van der Waals surface area contributed by atoms with Gasteiger partial charge in [-0.1, -0.05) is 18.2 Å². The molecule has 7 heteroatoms. The fourth-order valence-electron chi connectivity index (χ4n) is 5.57. The molecule has 2 N–H and O–H groups in total. The highest BCUT2D eigenvalue weighted by Gasteiger charge is 2.34. The number of fused-ring (bicyclic) bond motifs is 1. The van der Waals surface area contributed by atoms with E-state index in [-0.39, 0.29) is 17.9 Å². The lowest BCUT2D eigenvalue weighted by Crippen LogP contribution is -2.51. The summed E-state index contributed by atoms with van der Waals surface area (Å²) >= 11 is 0. The zero-order chi connectivity index (χ0) is 20.5. The molecule has 1 atom stereocenters. The SMILES string of the molecule is O=C1CCC(N2Cc3ccc(CN4CCC(N5CCNCC5)CC4)cc3C2)C(=O)N1. The Morgan fingerprint density at radius 1 is 0.900 bits per heavy atom. The summed E-state index contributed by atoms with van der Waals surface area (Å²) < 4.78 is 0. The lowest BCUT2D eigenvalue weighted by Gasteiger charge is -2.40. The van der Waals surface area contributed by atoms with Crippen molar-refractivity contribution in [2.45, 2.75) is 57.4 Å². The monoisotopic (exact) mass is 411 g/mol. The normalized spacial score (nSPS) is 27.3. The summed E-state index contributed by atoms with van der Waals surface area (Å²) in [6, 6.07) is 7.41. The second kappa shape index (κ2) is 8.75. The molecule has 1 aromatic carbocycles. The molecule has 2 amide bonds. The smallest absolute Gasteiger partial charge is 0.243 e. The van der Waals surface area contributed by atoms with Gasteiger partial charge in [0.2, 0.25) is 11.8 Å². The van der Waals surface area contributed by atoms with Crippen molar-refractivity contribution in [2.24, 2.45) is 0 Å². The lowest BCUT2D eigenvalue weighted by molar-refractivity contribution is -0.137. The molecule has 0 aromatic heterocycles. The molecular formula is C23H33N5O2. The van der Waals surface area contributed by atoms with Crippen molar-refractivity contribution in [2.75, 3.05) is 39.3 Å². The minimum absolute atomic E-state index is 0.133. The van der Waals surface area contributed by atoms with Gasteiger partial charge < -0.3 is 5.32 Å². The number of carbonyl (C=O) groups excluding carboxylic acids is 2.